The number of piperazine rings is 1. The van der Waals surface area contributed by atoms with Gasteiger partial charge in [0.2, 0.25) is 5.91 Å². The molecule has 1 amide bonds. The van der Waals surface area contributed by atoms with Gasteiger partial charge in [0.25, 0.3) is 0 Å². The van der Waals surface area contributed by atoms with Crippen LogP contribution in [0.15, 0.2) is 0 Å². The first-order valence-electron chi connectivity index (χ1n) is 6.82. The summed E-state index contributed by atoms with van der Waals surface area (Å²) in [7, 11) is 3.98. The van der Waals surface area contributed by atoms with Crippen molar-refractivity contribution in [2.75, 3.05) is 27.2 Å². The molecule has 2 fully saturated rings. The van der Waals surface area contributed by atoms with Crippen molar-refractivity contribution in [2.24, 2.45) is 0 Å². The average molecular weight is 239 g/mol. The lowest BCUT2D eigenvalue weighted by molar-refractivity contribution is -0.146. The molecule has 0 radical (unpaired) electrons. The van der Waals surface area contributed by atoms with E-state index in [2.05, 4.69) is 29.1 Å². The largest absolute Gasteiger partial charge is 0.337 e. The molecule has 0 aromatic carbocycles. The molecular formula is C13H25N3O. The molecule has 1 aliphatic heterocycles. The van der Waals surface area contributed by atoms with Gasteiger partial charge in [-0.1, -0.05) is 12.8 Å². The van der Waals surface area contributed by atoms with E-state index < -0.39 is 0 Å². The summed E-state index contributed by atoms with van der Waals surface area (Å²) < 4.78 is 0. The second kappa shape index (κ2) is 5.36. The predicted molar refractivity (Wildman–Crippen MR) is 68.9 cm³/mol. The SMILES string of the molecule is CNCC1C(=O)N(C2CCCC2)CC(C)N1C. The zero-order valence-corrected chi connectivity index (χ0v) is 11.3. The quantitative estimate of drug-likeness (QED) is 0.786. The first-order valence-corrected chi connectivity index (χ1v) is 6.82. The molecule has 2 rings (SSSR count). The zero-order valence-electron chi connectivity index (χ0n) is 11.3. The van der Waals surface area contributed by atoms with Crippen molar-refractivity contribution >= 4 is 5.91 Å². The van der Waals surface area contributed by atoms with Crippen LogP contribution in [0.25, 0.3) is 0 Å². The summed E-state index contributed by atoms with van der Waals surface area (Å²) in [6.45, 7) is 3.88. The minimum Gasteiger partial charge on any atom is -0.337 e. The highest BCUT2D eigenvalue weighted by molar-refractivity contribution is 5.83. The molecule has 4 nitrogen and oxygen atoms in total. The average Bonchev–Trinajstić information content (AvgIpc) is 2.83. The van der Waals surface area contributed by atoms with Crippen LogP contribution < -0.4 is 5.32 Å². The lowest BCUT2D eigenvalue weighted by Gasteiger charge is -2.45. The van der Waals surface area contributed by atoms with Crippen molar-refractivity contribution in [3.05, 3.63) is 0 Å². The van der Waals surface area contributed by atoms with E-state index in [1.54, 1.807) is 0 Å². The fraction of sp³-hybridized carbons (Fsp3) is 0.923. The van der Waals surface area contributed by atoms with Gasteiger partial charge in [-0.2, -0.15) is 0 Å². The van der Waals surface area contributed by atoms with Crippen LogP contribution in [0.3, 0.4) is 0 Å². The van der Waals surface area contributed by atoms with Gasteiger partial charge >= 0.3 is 0 Å². The van der Waals surface area contributed by atoms with Gasteiger partial charge in [-0.3, -0.25) is 9.69 Å². The van der Waals surface area contributed by atoms with Crippen molar-refractivity contribution < 1.29 is 4.79 Å². The Morgan fingerprint density at radius 2 is 2.00 bits per heavy atom. The number of nitrogens with one attached hydrogen (secondary N) is 1. The van der Waals surface area contributed by atoms with E-state index >= 15 is 0 Å². The first-order chi connectivity index (χ1) is 8.15. The Hall–Kier alpha value is -0.610. The minimum absolute atomic E-state index is 0.0179. The number of hydrogen-bond donors (Lipinski definition) is 1. The van der Waals surface area contributed by atoms with Gasteiger partial charge in [-0.25, -0.2) is 0 Å². The van der Waals surface area contributed by atoms with Crippen LogP contribution in [-0.2, 0) is 4.79 Å². The van der Waals surface area contributed by atoms with E-state index in [0.29, 0.717) is 18.0 Å². The summed E-state index contributed by atoms with van der Waals surface area (Å²) in [5.74, 6) is 0.326. The van der Waals surface area contributed by atoms with E-state index in [0.717, 1.165) is 13.1 Å². The molecule has 2 atom stereocenters. The molecule has 17 heavy (non-hydrogen) atoms. The van der Waals surface area contributed by atoms with Gasteiger partial charge in [0.05, 0.1) is 0 Å². The molecule has 4 heteroatoms. The van der Waals surface area contributed by atoms with E-state index in [9.17, 15) is 4.79 Å². The zero-order chi connectivity index (χ0) is 12.4. The molecule has 2 unspecified atom stereocenters. The predicted octanol–water partition coefficient (Wildman–Crippen LogP) is 0.680. The van der Waals surface area contributed by atoms with Crippen LogP contribution >= 0.6 is 0 Å². The summed E-state index contributed by atoms with van der Waals surface area (Å²) in [4.78, 5) is 16.9. The van der Waals surface area contributed by atoms with Crippen LogP contribution in [0.4, 0.5) is 0 Å². The standard InChI is InChI=1S/C13H25N3O/c1-10-9-16(11-6-4-5-7-11)13(17)12(8-14-2)15(10)3/h10-12,14H,4-9H2,1-3H3. The second-order valence-electron chi connectivity index (χ2n) is 5.52. The van der Waals surface area contributed by atoms with Gasteiger partial charge in [-0.05, 0) is 33.9 Å². The molecule has 1 N–H and O–H groups in total. The van der Waals surface area contributed by atoms with Crippen molar-refractivity contribution in [2.45, 2.75) is 50.7 Å². The summed E-state index contributed by atoms with van der Waals surface area (Å²) in [6.07, 6.45) is 4.98. The third kappa shape index (κ3) is 2.47. The Morgan fingerprint density at radius 1 is 1.35 bits per heavy atom. The molecular weight excluding hydrogens is 214 g/mol. The number of carbonyl (C=O) groups excluding carboxylic acids is 1. The van der Waals surface area contributed by atoms with Gasteiger partial charge in [0, 0.05) is 25.2 Å². The maximum absolute atomic E-state index is 12.5. The Kier molecular flexibility index (Phi) is 4.05. The van der Waals surface area contributed by atoms with Crippen LogP contribution in [-0.4, -0.2) is 61.0 Å². The molecule has 0 aromatic heterocycles. The number of nitrogens with zero attached hydrogens (tertiary/aromatic N) is 2. The molecule has 0 bridgehead atoms. The number of rotatable bonds is 3. The fourth-order valence-corrected chi connectivity index (χ4v) is 3.15. The summed E-state index contributed by atoms with van der Waals surface area (Å²) >= 11 is 0. The Balaban J connectivity index is 2.09. The Morgan fingerprint density at radius 3 is 2.59 bits per heavy atom. The first kappa shape index (κ1) is 12.8. The van der Waals surface area contributed by atoms with E-state index in [1.165, 1.54) is 25.7 Å². The fourth-order valence-electron chi connectivity index (χ4n) is 3.15. The lowest BCUT2D eigenvalue weighted by Crippen LogP contribution is -2.63. The van der Waals surface area contributed by atoms with Crippen molar-refractivity contribution in [1.29, 1.82) is 0 Å². The maximum Gasteiger partial charge on any atom is 0.241 e. The lowest BCUT2D eigenvalue weighted by atomic mass is 10.0. The number of amides is 1. The topological polar surface area (TPSA) is 35.6 Å². The number of carbonyl (C=O) groups is 1. The van der Waals surface area contributed by atoms with Gasteiger partial charge < -0.3 is 10.2 Å². The summed E-state index contributed by atoms with van der Waals surface area (Å²) in [5, 5.41) is 3.14. The van der Waals surface area contributed by atoms with Crippen LogP contribution in [0.5, 0.6) is 0 Å². The molecule has 1 aliphatic carbocycles. The van der Waals surface area contributed by atoms with Crippen LogP contribution in [0.2, 0.25) is 0 Å². The highest BCUT2D eigenvalue weighted by Crippen LogP contribution is 2.27. The van der Waals surface area contributed by atoms with Crippen LogP contribution in [0, 0.1) is 0 Å². The molecule has 1 saturated carbocycles. The van der Waals surface area contributed by atoms with Crippen molar-refractivity contribution in [1.82, 2.24) is 15.1 Å². The molecule has 1 saturated heterocycles. The summed E-state index contributed by atoms with van der Waals surface area (Å²) in [5.41, 5.74) is 0. The van der Waals surface area contributed by atoms with E-state index in [1.807, 2.05) is 7.05 Å². The number of hydrogen-bond acceptors (Lipinski definition) is 3. The summed E-state index contributed by atoms with van der Waals surface area (Å²) in [6, 6.07) is 0.994. The highest BCUT2D eigenvalue weighted by Gasteiger charge is 2.39. The highest BCUT2D eigenvalue weighted by atomic mass is 16.2. The van der Waals surface area contributed by atoms with Gasteiger partial charge in [-0.15, -0.1) is 0 Å². The molecule has 0 spiro atoms. The van der Waals surface area contributed by atoms with Crippen molar-refractivity contribution in [3.8, 4) is 0 Å². The monoisotopic (exact) mass is 239 g/mol. The Labute approximate surface area is 104 Å². The smallest absolute Gasteiger partial charge is 0.241 e. The molecule has 98 valence electrons. The third-order valence-corrected chi connectivity index (χ3v) is 4.38. The normalized spacial score (nSPS) is 32.4. The third-order valence-electron chi connectivity index (χ3n) is 4.38. The van der Waals surface area contributed by atoms with Crippen molar-refractivity contribution in [3.63, 3.8) is 0 Å². The minimum atomic E-state index is 0.0179. The van der Waals surface area contributed by atoms with Crippen LogP contribution in [0.1, 0.15) is 32.6 Å². The van der Waals surface area contributed by atoms with Gasteiger partial charge in [0.15, 0.2) is 0 Å². The maximum atomic E-state index is 12.5. The number of likely N-dealkylation sites (N-methyl/N-ethyl adjacent to an activating group) is 2. The molecule has 0 aromatic rings. The van der Waals surface area contributed by atoms with E-state index in [-0.39, 0.29) is 6.04 Å². The Bertz CT molecular complexity index is 276. The molecule has 1 heterocycles. The second-order valence-corrected chi connectivity index (χ2v) is 5.52. The van der Waals surface area contributed by atoms with Gasteiger partial charge in [0.1, 0.15) is 6.04 Å². The van der Waals surface area contributed by atoms with E-state index in [4.69, 9.17) is 0 Å². The molecule has 2 aliphatic rings.